The summed E-state index contributed by atoms with van der Waals surface area (Å²) in [5.41, 5.74) is 1.34. The number of urea groups is 1. The highest BCUT2D eigenvalue weighted by atomic mass is 32.1. The molecule has 1 saturated carbocycles. The lowest BCUT2D eigenvalue weighted by Gasteiger charge is -2.28. The lowest BCUT2D eigenvalue weighted by molar-refractivity contribution is 0.189. The van der Waals surface area contributed by atoms with Gasteiger partial charge in [-0.1, -0.05) is 12.8 Å². The van der Waals surface area contributed by atoms with E-state index in [4.69, 9.17) is 0 Å². The highest BCUT2D eigenvalue weighted by Gasteiger charge is 2.24. The average molecular weight is 250 g/mol. The molecule has 1 aromatic rings. The van der Waals surface area contributed by atoms with Crippen molar-refractivity contribution in [2.24, 2.45) is 0 Å². The molecule has 1 aliphatic carbocycles. The van der Waals surface area contributed by atoms with Crippen LogP contribution >= 0.6 is 11.3 Å². The number of hydrogen-bond donors (Lipinski definition) is 1. The molecular weight excluding hydrogens is 232 g/mol. The van der Waals surface area contributed by atoms with Crippen molar-refractivity contribution >= 4 is 17.4 Å². The third kappa shape index (κ3) is 2.32. The maximum absolute atomic E-state index is 12.1. The van der Waals surface area contributed by atoms with Gasteiger partial charge in [0.15, 0.2) is 0 Å². The Hall–Kier alpha value is -1.03. The van der Waals surface area contributed by atoms with Crippen LogP contribution < -0.4 is 5.32 Å². The predicted molar refractivity (Wildman–Crippen MR) is 69.2 cm³/mol. The molecule has 3 rings (SSSR count). The van der Waals surface area contributed by atoms with E-state index in [2.05, 4.69) is 16.8 Å². The number of fused-ring (bicyclic) bond motifs is 1. The van der Waals surface area contributed by atoms with Gasteiger partial charge in [0.2, 0.25) is 0 Å². The highest BCUT2D eigenvalue weighted by Crippen LogP contribution is 2.24. The first-order valence-electron chi connectivity index (χ1n) is 6.43. The van der Waals surface area contributed by atoms with Crippen LogP contribution in [0.1, 0.15) is 36.1 Å². The zero-order valence-electron chi connectivity index (χ0n) is 9.95. The van der Waals surface area contributed by atoms with Gasteiger partial charge in [-0.25, -0.2) is 4.79 Å². The van der Waals surface area contributed by atoms with Crippen LogP contribution in [0.5, 0.6) is 0 Å². The monoisotopic (exact) mass is 250 g/mol. The molecule has 4 heteroatoms. The second-order valence-electron chi connectivity index (χ2n) is 4.97. The molecule has 1 aromatic heterocycles. The minimum absolute atomic E-state index is 0.133. The fourth-order valence-electron chi connectivity index (χ4n) is 2.76. The second kappa shape index (κ2) is 4.69. The Morgan fingerprint density at radius 3 is 3.06 bits per heavy atom. The Labute approximate surface area is 106 Å². The van der Waals surface area contributed by atoms with E-state index in [-0.39, 0.29) is 6.03 Å². The summed E-state index contributed by atoms with van der Waals surface area (Å²) < 4.78 is 0. The number of carbonyl (C=O) groups is 1. The Bertz CT molecular complexity index is 409. The smallest absolute Gasteiger partial charge is 0.317 e. The van der Waals surface area contributed by atoms with Crippen LogP contribution in [0.3, 0.4) is 0 Å². The summed E-state index contributed by atoms with van der Waals surface area (Å²) in [5, 5.41) is 5.29. The van der Waals surface area contributed by atoms with Gasteiger partial charge in [0.25, 0.3) is 0 Å². The summed E-state index contributed by atoms with van der Waals surface area (Å²) in [6.45, 7) is 1.66. The van der Waals surface area contributed by atoms with Crippen molar-refractivity contribution in [3.63, 3.8) is 0 Å². The first-order chi connectivity index (χ1) is 8.33. The molecule has 2 heterocycles. The fourth-order valence-corrected chi connectivity index (χ4v) is 3.65. The molecule has 0 saturated heterocycles. The summed E-state index contributed by atoms with van der Waals surface area (Å²) in [5.74, 6) is 0. The van der Waals surface area contributed by atoms with E-state index in [0.29, 0.717) is 6.04 Å². The van der Waals surface area contributed by atoms with Gasteiger partial charge in [0.1, 0.15) is 0 Å². The van der Waals surface area contributed by atoms with Crippen molar-refractivity contribution in [3.05, 3.63) is 21.9 Å². The van der Waals surface area contributed by atoms with Gasteiger partial charge < -0.3 is 10.2 Å². The standard InChI is InChI=1S/C13H18N2OS/c16-13(14-11-3-1-2-4-11)15-7-5-12-10(9-15)6-8-17-12/h6,8,11H,1-5,7,9H2,(H,14,16). The van der Waals surface area contributed by atoms with Crippen molar-refractivity contribution in [2.45, 2.75) is 44.7 Å². The van der Waals surface area contributed by atoms with Gasteiger partial charge in [0.05, 0.1) is 0 Å². The molecule has 0 unspecified atom stereocenters. The molecule has 2 aliphatic rings. The topological polar surface area (TPSA) is 32.3 Å². The molecule has 17 heavy (non-hydrogen) atoms. The van der Waals surface area contributed by atoms with Gasteiger partial charge >= 0.3 is 6.03 Å². The lowest BCUT2D eigenvalue weighted by Crippen LogP contribution is -2.45. The summed E-state index contributed by atoms with van der Waals surface area (Å²) in [4.78, 5) is 15.5. The van der Waals surface area contributed by atoms with E-state index in [1.807, 2.05) is 16.2 Å². The van der Waals surface area contributed by atoms with Crippen molar-refractivity contribution in [1.29, 1.82) is 0 Å². The predicted octanol–water partition coefficient (Wildman–Crippen LogP) is 2.76. The van der Waals surface area contributed by atoms with Crippen molar-refractivity contribution in [3.8, 4) is 0 Å². The Morgan fingerprint density at radius 2 is 2.24 bits per heavy atom. The molecule has 1 N–H and O–H groups in total. The Kier molecular flexibility index (Phi) is 3.05. The van der Waals surface area contributed by atoms with E-state index < -0.39 is 0 Å². The Balaban J connectivity index is 1.60. The van der Waals surface area contributed by atoms with Gasteiger partial charge in [-0.05, 0) is 36.3 Å². The van der Waals surface area contributed by atoms with E-state index in [0.717, 1.165) is 32.4 Å². The van der Waals surface area contributed by atoms with Crippen LogP contribution in [0.2, 0.25) is 0 Å². The number of hydrogen-bond acceptors (Lipinski definition) is 2. The van der Waals surface area contributed by atoms with Gasteiger partial charge in [-0.3, -0.25) is 0 Å². The van der Waals surface area contributed by atoms with Crippen molar-refractivity contribution in [1.82, 2.24) is 10.2 Å². The van der Waals surface area contributed by atoms with E-state index in [1.54, 1.807) is 0 Å². The number of amides is 2. The highest BCUT2D eigenvalue weighted by molar-refractivity contribution is 7.10. The lowest BCUT2D eigenvalue weighted by atomic mass is 10.1. The minimum atomic E-state index is 0.133. The number of nitrogens with one attached hydrogen (secondary N) is 1. The Morgan fingerprint density at radius 1 is 1.41 bits per heavy atom. The number of nitrogens with zero attached hydrogens (tertiary/aromatic N) is 1. The first-order valence-corrected chi connectivity index (χ1v) is 7.31. The van der Waals surface area contributed by atoms with Crippen LogP contribution in [-0.2, 0) is 13.0 Å². The van der Waals surface area contributed by atoms with Crippen LogP contribution in [0.15, 0.2) is 11.4 Å². The number of carbonyl (C=O) groups excluding carboxylic acids is 1. The van der Waals surface area contributed by atoms with Crippen LogP contribution in [0.4, 0.5) is 4.79 Å². The zero-order valence-corrected chi connectivity index (χ0v) is 10.8. The molecule has 92 valence electrons. The average Bonchev–Trinajstić information content (AvgIpc) is 2.97. The van der Waals surface area contributed by atoms with Crippen LogP contribution in [0, 0.1) is 0 Å². The van der Waals surface area contributed by atoms with Crippen molar-refractivity contribution in [2.75, 3.05) is 6.54 Å². The van der Waals surface area contributed by atoms with Crippen LogP contribution in [-0.4, -0.2) is 23.5 Å². The molecule has 3 nitrogen and oxygen atoms in total. The quantitative estimate of drug-likeness (QED) is 0.816. The number of rotatable bonds is 1. The molecule has 2 amide bonds. The molecule has 1 fully saturated rings. The largest absolute Gasteiger partial charge is 0.335 e. The SMILES string of the molecule is O=C(NC1CCCC1)N1CCc2sccc2C1. The maximum Gasteiger partial charge on any atom is 0.317 e. The molecular formula is C13H18N2OS. The minimum Gasteiger partial charge on any atom is -0.335 e. The first kappa shape index (κ1) is 11.1. The third-order valence-corrected chi connectivity index (χ3v) is 4.80. The molecule has 0 spiro atoms. The van der Waals surface area contributed by atoms with E-state index >= 15 is 0 Å². The normalized spacial score (nSPS) is 20.4. The number of thiophene rings is 1. The summed E-state index contributed by atoms with van der Waals surface area (Å²) >= 11 is 1.81. The molecule has 0 aromatic carbocycles. The zero-order chi connectivity index (χ0) is 11.7. The molecule has 0 atom stereocenters. The summed E-state index contributed by atoms with van der Waals surface area (Å²) in [6, 6.07) is 2.70. The maximum atomic E-state index is 12.1. The van der Waals surface area contributed by atoms with Gasteiger partial charge in [-0.2, -0.15) is 0 Å². The summed E-state index contributed by atoms with van der Waals surface area (Å²) in [6.07, 6.45) is 5.86. The third-order valence-electron chi connectivity index (χ3n) is 3.78. The molecule has 0 bridgehead atoms. The summed E-state index contributed by atoms with van der Waals surface area (Å²) in [7, 11) is 0. The molecule has 0 radical (unpaired) electrons. The molecule has 1 aliphatic heterocycles. The van der Waals surface area contributed by atoms with E-state index in [9.17, 15) is 4.79 Å². The van der Waals surface area contributed by atoms with Gasteiger partial charge in [-0.15, -0.1) is 11.3 Å². The second-order valence-corrected chi connectivity index (χ2v) is 5.97. The van der Waals surface area contributed by atoms with Gasteiger partial charge in [0, 0.05) is 24.0 Å². The van der Waals surface area contributed by atoms with Crippen LogP contribution in [0.25, 0.3) is 0 Å². The van der Waals surface area contributed by atoms with Crippen molar-refractivity contribution < 1.29 is 4.79 Å². The van der Waals surface area contributed by atoms with E-state index in [1.165, 1.54) is 23.3 Å². The fraction of sp³-hybridized carbons (Fsp3) is 0.615.